The SMILES string of the molecule is COc1cc(Nc2nc(-c3ccncc3)nc3ccccc23)ccc1N1CCCC1=O. The van der Waals surface area contributed by atoms with E-state index in [9.17, 15) is 4.79 Å². The molecule has 7 nitrogen and oxygen atoms in total. The summed E-state index contributed by atoms with van der Waals surface area (Å²) in [7, 11) is 1.62. The summed E-state index contributed by atoms with van der Waals surface area (Å²) < 4.78 is 5.59. The van der Waals surface area contributed by atoms with Crippen LogP contribution in [0, 0.1) is 0 Å². The van der Waals surface area contributed by atoms with Gasteiger partial charge in [0.2, 0.25) is 5.91 Å². The topological polar surface area (TPSA) is 80.2 Å². The van der Waals surface area contributed by atoms with Gasteiger partial charge in [0.15, 0.2) is 5.82 Å². The standard InChI is InChI=1S/C24H21N5O2/c1-31-21-15-17(8-9-20(21)29-14-4-7-22(29)30)26-24-18-5-2-3-6-19(18)27-23(28-24)16-10-12-25-13-11-16/h2-3,5-6,8-13,15H,4,7,14H2,1H3,(H,26,27,28). The van der Waals surface area contributed by atoms with Gasteiger partial charge < -0.3 is 15.0 Å². The van der Waals surface area contributed by atoms with Gasteiger partial charge in [-0.25, -0.2) is 9.97 Å². The second-order valence-corrected chi connectivity index (χ2v) is 7.31. The Bertz CT molecular complexity index is 1260. The van der Waals surface area contributed by atoms with Crippen molar-refractivity contribution < 1.29 is 9.53 Å². The summed E-state index contributed by atoms with van der Waals surface area (Å²) in [5, 5.41) is 4.33. The second-order valence-electron chi connectivity index (χ2n) is 7.31. The van der Waals surface area contributed by atoms with Crippen molar-refractivity contribution in [2.45, 2.75) is 12.8 Å². The van der Waals surface area contributed by atoms with E-state index in [0.717, 1.165) is 34.3 Å². The Labute approximate surface area is 179 Å². The van der Waals surface area contributed by atoms with E-state index in [1.807, 2.05) is 54.6 Å². The van der Waals surface area contributed by atoms with Crippen molar-refractivity contribution in [1.29, 1.82) is 0 Å². The molecule has 1 N–H and O–H groups in total. The minimum Gasteiger partial charge on any atom is -0.494 e. The summed E-state index contributed by atoms with van der Waals surface area (Å²) in [6.07, 6.45) is 4.90. The van der Waals surface area contributed by atoms with E-state index in [-0.39, 0.29) is 5.91 Å². The number of hydrogen-bond donors (Lipinski definition) is 1. The molecule has 1 saturated heterocycles. The van der Waals surface area contributed by atoms with Gasteiger partial charge in [0, 0.05) is 48.1 Å². The Kier molecular flexibility index (Phi) is 4.92. The molecule has 31 heavy (non-hydrogen) atoms. The van der Waals surface area contributed by atoms with Gasteiger partial charge in [-0.15, -0.1) is 0 Å². The third-order valence-electron chi connectivity index (χ3n) is 5.35. The maximum atomic E-state index is 12.2. The molecule has 0 aliphatic carbocycles. The van der Waals surface area contributed by atoms with Crippen LogP contribution in [0.5, 0.6) is 5.75 Å². The summed E-state index contributed by atoms with van der Waals surface area (Å²) in [6, 6.07) is 17.4. The number of methoxy groups -OCH3 is 1. The van der Waals surface area contributed by atoms with Gasteiger partial charge in [0.05, 0.1) is 18.3 Å². The highest BCUT2D eigenvalue weighted by Crippen LogP contribution is 2.35. The van der Waals surface area contributed by atoms with E-state index in [1.165, 1.54) is 0 Å². The maximum absolute atomic E-state index is 12.2. The summed E-state index contributed by atoms with van der Waals surface area (Å²) in [6.45, 7) is 0.716. The Morgan fingerprint density at radius 1 is 1.03 bits per heavy atom. The highest BCUT2D eigenvalue weighted by molar-refractivity contribution is 5.97. The van der Waals surface area contributed by atoms with Crippen LogP contribution in [0.2, 0.25) is 0 Å². The molecule has 5 rings (SSSR count). The molecule has 2 aromatic carbocycles. The molecule has 0 bridgehead atoms. The number of nitrogens with one attached hydrogen (secondary N) is 1. The lowest BCUT2D eigenvalue weighted by atomic mass is 10.2. The molecule has 0 saturated carbocycles. The van der Waals surface area contributed by atoms with E-state index in [4.69, 9.17) is 14.7 Å². The maximum Gasteiger partial charge on any atom is 0.227 e. The Hall–Kier alpha value is -4.00. The first-order valence-electron chi connectivity index (χ1n) is 10.2. The number of nitrogens with zero attached hydrogens (tertiary/aromatic N) is 4. The number of fused-ring (bicyclic) bond motifs is 1. The third-order valence-corrected chi connectivity index (χ3v) is 5.35. The van der Waals surface area contributed by atoms with Crippen LogP contribution in [-0.2, 0) is 4.79 Å². The van der Waals surface area contributed by atoms with Crippen LogP contribution in [-0.4, -0.2) is 34.5 Å². The number of pyridine rings is 1. The van der Waals surface area contributed by atoms with Crippen LogP contribution in [0.3, 0.4) is 0 Å². The molecule has 4 aromatic rings. The summed E-state index contributed by atoms with van der Waals surface area (Å²) in [5.41, 5.74) is 3.35. The number of amides is 1. The number of aromatic nitrogens is 3. The number of ether oxygens (including phenoxy) is 1. The van der Waals surface area contributed by atoms with Gasteiger partial charge in [-0.2, -0.15) is 0 Å². The lowest BCUT2D eigenvalue weighted by molar-refractivity contribution is -0.117. The third kappa shape index (κ3) is 3.66. The summed E-state index contributed by atoms with van der Waals surface area (Å²) >= 11 is 0. The number of carbonyl (C=O) groups is 1. The van der Waals surface area contributed by atoms with Crippen molar-refractivity contribution in [3.05, 3.63) is 67.0 Å². The molecule has 1 aliphatic heterocycles. The van der Waals surface area contributed by atoms with Crippen molar-refractivity contribution in [3.63, 3.8) is 0 Å². The first kappa shape index (κ1) is 19.0. The fraction of sp³-hybridized carbons (Fsp3) is 0.167. The van der Waals surface area contributed by atoms with Crippen molar-refractivity contribution in [1.82, 2.24) is 15.0 Å². The highest BCUT2D eigenvalue weighted by atomic mass is 16.5. The number of anilines is 3. The largest absolute Gasteiger partial charge is 0.494 e. The van der Waals surface area contributed by atoms with Crippen LogP contribution in [0.25, 0.3) is 22.3 Å². The Balaban J connectivity index is 1.55. The van der Waals surface area contributed by atoms with E-state index in [2.05, 4.69) is 10.3 Å². The zero-order valence-electron chi connectivity index (χ0n) is 17.1. The number of para-hydroxylation sites is 1. The van der Waals surface area contributed by atoms with Crippen LogP contribution in [0.4, 0.5) is 17.2 Å². The van der Waals surface area contributed by atoms with Gasteiger partial charge >= 0.3 is 0 Å². The van der Waals surface area contributed by atoms with Gasteiger partial charge in [-0.1, -0.05) is 12.1 Å². The lowest BCUT2D eigenvalue weighted by Gasteiger charge is -2.20. The Morgan fingerprint density at radius 2 is 1.87 bits per heavy atom. The summed E-state index contributed by atoms with van der Waals surface area (Å²) in [5.74, 6) is 2.09. The normalized spacial score (nSPS) is 13.6. The van der Waals surface area contributed by atoms with Gasteiger partial charge in [-0.3, -0.25) is 9.78 Å². The van der Waals surface area contributed by atoms with Crippen LogP contribution < -0.4 is 15.0 Å². The Morgan fingerprint density at radius 3 is 2.65 bits per heavy atom. The molecule has 1 fully saturated rings. The molecule has 2 aromatic heterocycles. The molecule has 0 atom stereocenters. The molecule has 0 unspecified atom stereocenters. The number of benzene rings is 2. The van der Waals surface area contributed by atoms with Crippen molar-refractivity contribution in [2.24, 2.45) is 0 Å². The fourth-order valence-electron chi connectivity index (χ4n) is 3.82. The average molecular weight is 411 g/mol. The van der Waals surface area contributed by atoms with Gasteiger partial charge in [0.25, 0.3) is 0 Å². The molecule has 0 radical (unpaired) electrons. The van der Waals surface area contributed by atoms with E-state index >= 15 is 0 Å². The zero-order valence-corrected chi connectivity index (χ0v) is 17.1. The quantitative estimate of drug-likeness (QED) is 0.518. The van der Waals surface area contributed by atoms with Crippen LogP contribution >= 0.6 is 0 Å². The number of rotatable bonds is 5. The molecule has 1 aliphatic rings. The van der Waals surface area contributed by atoms with Gasteiger partial charge in [-0.05, 0) is 42.8 Å². The van der Waals surface area contributed by atoms with Crippen molar-refractivity contribution in [2.75, 3.05) is 23.9 Å². The molecular formula is C24H21N5O2. The molecular weight excluding hydrogens is 390 g/mol. The lowest BCUT2D eigenvalue weighted by Crippen LogP contribution is -2.24. The fourth-order valence-corrected chi connectivity index (χ4v) is 3.82. The molecule has 1 amide bonds. The van der Waals surface area contributed by atoms with Crippen LogP contribution in [0.15, 0.2) is 67.0 Å². The smallest absolute Gasteiger partial charge is 0.227 e. The van der Waals surface area contributed by atoms with Gasteiger partial charge in [0.1, 0.15) is 11.6 Å². The predicted octanol–water partition coefficient (Wildman–Crippen LogP) is 4.57. The minimum atomic E-state index is 0.128. The molecule has 7 heteroatoms. The monoisotopic (exact) mass is 411 g/mol. The van der Waals surface area contributed by atoms with Crippen molar-refractivity contribution in [3.8, 4) is 17.1 Å². The first-order valence-corrected chi connectivity index (χ1v) is 10.2. The average Bonchev–Trinajstić information content (AvgIpc) is 3.25. The van der Waals surface area contributed by atoms with Crippen molar-refractivity contribution >= 4 is 34.0 Å². The van der Waals surface area contributed by atoms with E-state index in [0.29, 0.717) is 30.4 Å². The highest BCUT2D eigenvalue weighted by Gasteiger charge is 2.24. The van der Waals surface area contributed by atoms with Crippen LogP contribution in [0.1, 0.15) is 12.8 Å². The first-order chi connectivity index (χ1) is 15.2. The number of carbonyl (C=O) groups excluding carboxylic acids is 1. The predicted molar refractivity (Wildman–Crippen MR) is 121 cm³/mol. The second kappa shape index (κ2) is 8.02. The molecule has 3 heterocycles. The van der Waals surface area contributed by atoms with E-state index < -0.39 is 0 Å². The summed E-state index contributed by atoms with van der Waals surface area (Å²) in [4.78, 5) is 27.5. The molecule has 0 spiro atoms. The zero-order chi connectivity index (χ0) is 21.2. The molecule has 154 valence electrons. The minimum absolute atomic E-state index is 0.128. The number of hydrogen-bond acceptors (Lipinski definition) is 6. The van der Waals surface area contributed by atoms with E-state index in [1.54, 1.807) is 24.4 Å².